The van der Waals surface area contributed by atoms with Gasteiger partial charge in [-0.15, -0.1) is 0 Å². The smallest absolute Gasteiger partial charge is 0.253 e. The number of ether oxygens (including phenoxy) is 1. The fourth-order valence-electron chi connectivity index (χ4n) is 2.17. The van der Waals surface area contributed by atoms with Crippen molar-refractivity contribution in [3.63, 3.8) is 0 Å². The van der Waals surface area contributed by atoms with Crippen molar-refractivity contribution >= 4 is 23.2 Å². The summed E-state index contributed by atoms with van der Waals surface area (Å²) in [5.74, 6) is -0.334. The normalized spacial score (nSPS) is 21.5. The zero-order chi connectivity index (χ0) is 14.5. The molecule has 108 valence electrons. The fraction of sp³-hybridized carbons (Fsp3) is 0.429. The molecular weight excluding hydrogens is 258 g/mol. The van der Waals surface area contributed by atoms with Crippen LogP contribution in [0.15, 0.2) is 24.3 Å². The zero-order valence-electron chi connectivity index (χ0n) is 11.4. The molecule has 1 saturated heterocycles. The van der Waals surface area contributed by atoms with Crippen LogP contribution in [0.4, 0.5) is 11.4 Å². The van der Waals surface area contributed by atoms with E-state index in [1.807, 2.05) is 0 Å². The minimum absolute atomic E-state index is 0.0311. The number of carbonyl (C=O) groups excluding carboxylic acids is 2. The summed E-state index contributed by atoms with van der Waals surface area (Å²) >= 11 is 0. The maximum atomic E-state index is 12.0. The molecule has 6 heteroatoms. The van der Waals surface area contributed by atoms with Gasteiger partial charge in [0.2, 0.25) is 5.91 Å². The molecule has 2 rings (SSSR count). The largest absolute Gasteiger partial charge is 0.364 e. The molecule has 1 heterocycles. The fourth-order valence-corrected chi connectivity index (χ4v) is 2.17. The molecule has 6 nitrogen and oxygen atoms in total. The monoisotopic (exact) mass is 277 g/mol. The average molecular weight is 277 g/mol. The van der Waals surface area contributed by atoms with E-state index >= 15 is 0 Å². The van der Waals surface area contributed by atoms with E-state index in [0.29, 0.717) is 24.3 Å². The Morgan fingerprint density at radius 2 is 2.00 bits per heavy atom. The van der Waals surface area contributed by atoms with Crippen LogP contribution in [0, 0.1) is 0 Å². The van der Waals surface area contributed by atoms with E-state index in [9.17, 15) is 9.59 Å². The second-order valence-electron chi connectivity index (χ2n) is 4.81. The van der Waals surface area contributed by atoms with Gasteiger partial charge in [-0.3, -0.25) is 9.59 Å². The summed E-state index contributed by atoms with van der Waals surface area (Å²) in [6.45, 7) is 1.87. The van der Waals surface area contributed by atoms with Gasteiger partial charge >= 0.3 is 0 Å². The quantitative estimate of drug-likeness (QED) is 0.768. The van der Waals surface area contributed by atoms with Gasteiger partial charge in [0.25, 0.3) is 5.91 Å². The first kappa shape index (κ1) is 14.5. The third kappa shape index (κ3) is 3.79. The number of hydrogen-bond acceptors (Lipinski definition) is 4. The van der Waals surface area contributed by atoms with Gasteiger partial charge in [0.1, 0.15) is 6.10 Å². The van der Waals surface area contributed by atoms with Gasteiger partial charge < -0.3 is 21.1 Å². The molecule has 0 aliphatic carbocycles. The Balaban J connectivity index is 1.96. The van der Waals surface area contributed by atoms with Crippen molar-refractivity contribution in [1.29, 1.82) is 0 Å². The van der Waals surface area contributed by atoms with Gasteiger partial charge in [-0.2, -0.15) is 0 Å². The van der Waals surface area contributed by atoms with Gasteiger partial charge in [0.15, 0.2) is 0 Å². The highest BCUT2D eigenvalue weighted by molar-refractivity contribution is 5.95. The lowest BCUT2D eigenvalue weighted by Gasteiger charge is -2.13. The highest BCUT2D eigenvalue weighted by Crippen LogP contribution is 2.21. The van der Waals surface area contributed by atoms with Crippen LogP contribution in [-0.4, -0.2) is 30.6 Å². The van der Waals surface area contributed by atoms with Gasteiger partial charge in [-0.25, -0.2) is 0 Å². The van der Waals surface area contributed by atoms with E-state index in [1.165, 1.54) is 6.92 Å². The van der Waals surface area contributed by atoms with Crippen LogP contribution in [0.3, 0.4) is 0 Å². The molecular formula is C14H19N3O3. The zero-order valence-corrected chi connectivity index (χ0v) is 11.4. The van der Waals surface area contributed by atoms with E-state index in [0.717, 1.165) is 6.42 Å². The van der Waals surface area contributed by atoms with Crippen LogP contribution in [-0.2, 0) is 14.3 Å². The minimum atomic E-state index is -0.451. The van der Waals surface area contributed by atoms with Crippen molar-refractivity contribution in [3.8, 4) is 0 Å². The Bertz CT molecular complexity index is 504. The molecule has 1 aromatic rings. The molecule has 2 atom stereocenters. The van der Waals surface area contributed by atoms with Crippen molar-refractivity contribution < 1.29 is 14.3 Å². The number of carbonyl (C=O) groups is 2. The second-order valence-corrected chi connectivity index (χ2v) is 4.81. The predicted molar refractivity (Wildman–Crippen MR) is 76.3 cm³/mol. The molecule has 1 aromatic carbocycles. The molecule has 0 spiro atoms. The molecule has 1 aliphatic heterocycles. The summed E-state index contributed by atoms with van der Waals surface area (Å²) in [6, 6.07) is 6.99. The number of anilines is 2. The van der Waals surface area contributed by atoms with E-state index in [4.69, 9.17) is 10.5 Å². The van der Waals surface area contributed by atoms with Crippen molar-refractivity contribution in [2.75, 3.05) is 17.2 Å². The Kier molecular flexibility index (Phi) is 4.70. The van der Waals surface area contributed by atoms with Gasteiger partial charge in [-0.05, 0) is 31.0 Å². The minimum Gasteiger partial charge on any atom is -0.364 e. The number of amides is 2. The van der Waals surface area contributed by atoms with Crippen LogP contribution in [0.2, 0.25) is 0 Å². The van der Waals surface area contributed by atoms with Gasteiger partial charge in [-0.1, -0.05) is 6.07 Å². The van der Waals surface area contributed by atoms with Crippen LogP contribution >= 0.6 is 0 Å². The molecule has 0 unspecified atom stereocenters. The number of rotatable bonds is 4. The van der Waals surface area contributed by atoms with Crippen molar-refractivity contribution in [3.05, 3.63) is 24.3 Å². The third-order valence-electron chi connectivity index (χ3n) is 3.11. The Labute approximate surface area is 117 Å². The molecule has 4 N–H and O–H groups in total. The summed E-state index contributed by atoms with van der Waals surface area (Å²) < 4.78 is 5.53. The van der Waals surface area contributed by atoms with Crippen LogP contribution in [0.25, 0.3) is 0 Å². The molecule has 1 fully saturated rings. The van der Waals surface area contributed by atoms with E-state index in [-0.39, 0.29) is 17.9 Å². The third-order valence-corrected chi connectivity index (χ3v) is 3.11. The maximum Gasteiger partial charge on any atom is 0.253 e. The standard InChI is InChI=1S/C14H19N3O3/c1-9(18)16-10-3-2-4-11(7-10)17-14(19)13-6-5-12(8-15)20-13/h2-4,7,12-13H,5-6,8,15H2,1H3,(H,16,18)(H,17,19)/t12-,13+/m1/s1. The lowest BCUT2D eigenvalue weighted by Crippen LogP contribution is -2.29. The molecule has 0 saturated carbocycles. The Hall–Kier alpha value is -1.92. The van der Waals surface area contributed by atoms with Crippen molar-refractivity contribution in [1.82, 2.24) is 0 Å². The summed E-state index contributed by atoms with van der Waals surface area (Å²) in [7, 11) is 0. The highest BCUT2D eigenvalue weighted by Gasteiger charge is 2.29. The number of nitrogens with one attached hydrogen (secondary N) is 2. The van der Waals surface area contributed by atoms with E-state index in [2.05, 4.69) is 10.6 Å². The van der Waals surface area contributed by atoms with E-state index < -0.39 is 6.10 Å². The maximum absolute atomic E-state index is 12.0. The highest BCUT2D eigenvalue weighted by atomic mass is 16.5. The van der Waals surface area contributed by atoms with Crippen LogP contribution < -0.4 is 16.4 Å². The molecule has 1 aliphatic rings. The van der Waals surface area contributed by atoms with Gasteiger partial charge in [0, 0.05) is 24.8 Å². The van der Waals surface area contributed by atoms with Crippen LogP contribution in [0.5, 0.6) is 0 Å². The summed E-state index contributed by atoms with van der Waals surface area (Å²) in [5, 5.41) is 5.45. The molecule has 0 aromatic heterocycles. The Morgan fingerprint density at radius 1 is 1.30 bits per heavy atom. The summed E-state index contributed by atoms with van der Waals surface area (Å²) in [5.41, 5.74) is 6.79. The summed E-state index contributed by atoms with van der Waals surface area (Å²) in [4.78, 5) is 23.0. The second kappa shape index (κ2) is 6.49. The topological polar surface area (TPSA) is 93.5 Å². The molecule has 2 amide bonds. The lowest BCUT2D eigenvalue weighted by atomic mass is 10.2. The van der Waals surface area contributed by atoms with Crippen molar-refractivity contribution in [2.24, 2.45) is 5.73 Å². The number of benzene rings is 1. The predicted octanol–water partition coefficient (Wildman–Crippen LogP) is 1.09. The van der Waals surface area contributed by atoms with Crippen LogP contribution in [0.1, 0.15) is 19.8 Å². The molecule has 0 bridgehead atoms. The first-order chi connectivity index (χ1) is 9.58. The summed E-state index contributed by atoms with van der Waals surface area (Å²) in [6.07, 6.45) is 1.00. The average Bonchev–Trinajstić information content (AvgIpc) is 2.87. The van der Waals surface area contributed by atoms with Gasteiger partial charge in [0.05, 0.1) is 6.10 Å². The number of nitrogens with two attached hydrogens (primary N) is 1. The Morgan fingerprint density at radius 3 is 2.60 bits per heavy atom. The first-order valence-corrected chi connectivity index (χ1v) is 6.62. The number of hydrogen-bond donors (Lipinski definition) is 3. The lowest BCUT2D eigenvalue weighted by molar-refractivity contribution is -0.126. The first-order valence-electron chi connectivity index (χ1n) is 6.62. The van der Waals surface area contributed by atoms with E-state index in [1.54, 1.807) is 24.3 Å². The molecule has 20 heavy (non-hydrogen) atoms. The SMILES string of the molecule is CC(=O)Nc1cccc(NC(=O)[C@@H]2CC[C@H](CN)O2)c1. The van der Waals surface area contributed by atoms with Crippen molar-refractivity contribution in [2.45, 2.75) is 32.0 Å². The molecule has 0 radical (unpaired) electrons.